The number of nitrogens with zero attached hydrogens (tertiary/aromatic N) is 3. The van der Waals surface area contributed by atoms with Gasteiger partial charge in [-0.25, -0.2) is 22.4 Å². The van der Waals surface area contributed by atoms with Crippen molar-refractivity contribution in [2.45, 2.75) is 24.2 Å². The Morgan fingerprint density at radius 3 is 2.69 bits per heavy atom. The van der Waals surface area contributed by atoms with E-state index in [1.54, 1.807) is 5.48 Å². The second-order valence-corrected chi connectivity index (χ2v) is 9.41. The van der Waals surface area contributed by atoms with Crippen molar-refractivity contribution in [3.8, 4) is 5.75 Å². The maximum atomic E-state index is 14.3. The summed E-state index contributed by atoms with van der Waals surface area (Å²) >= 11 is 1.01. The summed E-state index contributed by atoms with van der Waals surface area (Å²) in [6.07, 6.45) is -3.89. The van der Waals surface area contributed by atoms with Crippen LogP contribution in [0.3, 0.4) is 0 Å². The molecular weight excluding hydrogens is 484 g/mol. The van der Waals surface area contributed by atoms with Crippen LogP contribution in [-0.2, 0) is 14.6 Å². The molecule has 1 aromatic carbocycles. The Labute approximate surface area is 182 Å². The molecule has 2 rings (SSSR count). The van der Waals surface area contributed by atoms with Crippen LogP contribution < -0.4 is 10.2 Å². The quantitative estimate of drug-likeness (QED) is 0.125. The molecule has 1 aromatic heterocycles. The lowest BCUT2D eigenvalue weighted by molar-refractivity contribution is -0.275. The van der Waals surface area contributed by atoms with E-state index in [1.807, 2.05) is 0 Å². The Hall–Kier alpha value is -2.72. The monoisotopic (exact) mass is 500 g/mol. The van der Waals surface area contributed by atoms with Crippen molar-refractivity contribution in [3.05, 3.63) is 29.7 Å². The van der Waals surface area contributed by atoms with Gasteiger partial charge in [0.2, 0.25) is 0 Å². The van der Waals surface area contributed by atoms with Crippen molar-refractivity contribution >= 4 is 38.9 Å². The first-order chi connectivity index (χ1) is 14.9. The Morgan fingerprint density at radius 1 is 1.34 bits per heavy atom. The molecule has 0 aliphatic rings. The van der Waals surface area contributed by atoms with E-state index in [4.69, 9.17) is 0 Å². The summed E-state index contributed by atoms with van der Waals surface area (Å²) in [6.45, 7) is 0. The zero-order valence-corrected chi connectivity index (χ0v) is 17.9. The number of hydrogen-bond acceptors (Lipinski definition) is 10. The number of benzene rings is 1. The van der Waals surface area contributed by atoms with Gasteiger partial charge in [0.05, 0.1) is 0 Å². The number of hydroxylamine groups is 1. The molecule has 2 N–H and O–H groups in total. The normalized spacial score (nSPS) is 12.6. The van der Waals surface area contributed by atoms with Gasteiger partial charge in [-0.05, 0) is 28.9 Å². The minimum atomic E-state index is -5.12. The molecule has 0 atom stereocenters. The number of carbonyl (C=O) groups is 1. The molecule has 0 saturated heterocycles. The number of rotatable bonds is 10. The number of carbonyl (C=O) groups excluding carboxylic acids is 1. The minimum Gasteiger partial charge on any atom is -0.403 e. The number of ether oxygens (including phenoxy) is 1. The highest BCUT2D eigenvalue weighted by molar-refractivity contribution is 7.99. The second kappa shape index (κ2) is 10.7. The van der Waals surface area contributed by atoms with Gasteiger partial charge in [-0.1, -0.05) is 6.07 Å². The van der Waals surface area contributed by atoms with E-state index in [-0.39, 0.29) is 29.3 Å². The average molecular weight is 500 g/mol. The van der Waals surface area contributed by atoms with Gasteiger partial charge in [0.15, 0.2) is 38.0 Å². The average Bonchev–Trinajstić information content (AvgIpc) is 3.12. The van der Waals surface area contributed by atoms with Gasteiger partial charge in [-0.2, -0.15) is 0 Å². The van der Waals surface area contributed by atoms with E-state index in [0.717, 1.165) is 36.2 Å². The second-order valence-electron chi connectivity index (χ2n) is 6.19. The zero-order chi connectivity index (χ0) is 23.9. The molecule has 0 spiro atoms. The number of aliphatic imine (C=N–C) groups is 1. The smallest absolute Gasteiger partial charge is 0.403 e. The fraction of sp³-hybridized carbons (Fsp3) is 0.375. The van der Waals surface area contributed by atoms with Crippen molar-refractivity contribution < 1.29 is 45.3 Å². The van der Waals surface area contributed by atoms with Crippen molar-refractivity contribution in [2.24, 2.45) is 4.99 Å². The molecular formula is C16H16F4N4O6S2. The lowest BCUT2D eigenvalue weighted by atomic mass is 10.2. The number of amidine groups is 1. The minimum absolute atomic E-state index is 0.00289. The summed E-state index contributed by atoms with van der Waals surface area (Å²) in [5.41, 5.74) is 0.864. The third-order valence-electron chi connectivity index (χ3n) is 3.45. The Bertz CT molecular complexity index is 1090. The number of halogens is 4. The molecule has 0 aliphatic heterocycles. The number of aromatic nitrogens is 2. The van der Waals surface area contributed by atoms with Crippen LogP contribution >= 0.6 is 11.8 Å². The number of thioether (sulfide) groups is 1. The van der Waals surface area contributed by atoms with Gasteiger partial charge in [0, 0.05) is 18.4 Å². The Balaban J connectivity index is 2.12. The van der Waals surface area contributed by atoms with E-state index in [9.17, 15) is 36.0 Å². The Morgan fingerprint density at radius 2 is 2.06 bits per heavy atom. The predicted octanol–water partition coefficient (Wildman–Crippen LogP) is 2.65. The van der Waals surface area contributed by atoms with E-state index >= 15 is 0 Å². The number of alkyl halides is 3. The zero-order valence-electron chi connectivity index (χ0n) is 16.2. The number of nitrogens with one attached hydrogen (secondary N) is 1. The van der Waals surface area contributed by atoms with E-state index in [1.165, 1.54) is 0 Å². The van der Waals surface area contributed by atoms with Crippen molar-refractivity contribution in [1.29, 1.82) is 0 Å². The molecule has 176 valence electrons. The van der Waals surface area contributed by atoms with E-state index < -0.39 is 50.8 Å². The van der Waals surface area contributed by atoms with Crippen LogP contribution in [0.4, 0.5) is 23.2 Å². The van der Waals surface area contributed by atoms with Crippen molar-refractivity contribution in [3.63, 3.8) is 0 Å². The summed E-state index contributed by atoms with van der Waals surface area (Å²) in [6, 6.07) is 2.84. The molecule has 0 amide bonds. The molecule has 0 unspecified atom stereocenters. The van der Waals surface area contributed by atoms with Gasteiger partial charge < -0.3 is 4.74 Å². The highest BCUT2D eigenvalue weighted by Crippen LogP contribution is 2.31. The fourth-order valence-electron chi connectivity index (χ4n) is 2.26. The predicted molar refractivity (Wildman–Crippen MR) is 103 cm³/mol. The van der Waals surface area contributed by atoms with E-state index in [0.29, 0.717) is 0 Å². The summed E-state index contributed by atoms with van der Waals surface area (Å²) < 4.78 is 81.7. The maximum Gasteiger partial charge on any atom is 0.573 e. The molecule has 16 heteroatoms. The summed E-state index contributed by atoms with van der Waals surface area (Å²) in [4.78, 5) is 15.3. The van der Waals surface area contributed by atoms with Crippen LogP contribution in [0, 0.1) is 5.82 Å². The van der Waals surface area contributed by atoms with Crippen LogP contribution in [0.25, 0.3) is 0 Å². The van der Waals surface area contributed by atoms with Gasteiger partial charge in [0.25, 0.3) is 0 Å². The molecule has 0 fully saturated rings. The molecule has 10 nitrogen and oxygen atoms in total. The van der Waals surface area contributed by atoms with E-state index in [2.05, 4.69) is 24.7 Å². The van der Waals surface area contributed by atoms with Crippen LogP contribution in [0.5, 0.6) is 5.75 Å². The third kappa shape index (κ3) is 8.08. The summed E-state index contributed by atoms with van der Waals surface area (Å²) in [5.74, 6) is -3.79. The van der Waals surface area contributed by atoms with Crippen LogP contribution in [0.15, 0.2) is 32.8 Å². The first kappa shape index (κ1) is 25.5. The SMILES string of the molecule is CS(=O)(=O)CC(=O)CCCSc1nonc1C(=Nc1cccc(OC(F)(F)F)c1F)NO. The molecule has 0 aliphatic carbocycles. The number of sulfone groups is 1. The highest BCUT2D eigenvalue weighted by atomic mass is 32.2. The lowest BCUT2D eigenvalue weighted by Gasteiger charge is -2.10. The van der Waals surface area contributed by atoms with Crippen LogP contribution in [0.2, 0.25) is 0 Å². The molecule has 2 aromatic rings. The maximum absolute atomic E-state index is 14.3. The molecule has 32 heavy (non-hydrogen) atoms. The number of Topliss-reactive ketones (excluding diaryl/α,β-unsaturated/α-hetero) is 1. The van der Waals surface area contributed by atoms with Gasteiger partial charge >= 0.3 is 6.36 Å². The largest absolute Gasteiger partial charge is 0.573 e. The van der Waals surface area contributed by atoms with Gasteiger partial charge in [0.1, 0.15) is 17.2 Å². The van der Waals surface area contributed by atoms with Gasteiger partial charge in [-0.3, -0.25) is 15.5 Å². The number of hydrogen-bond donors (Lipinski definition) is 2. The highest BCUT2D eigenvalue weighted by Gasteiger charge is 2.33. The molecule has 0 saturated carbocycles. The first-order valence-electron chi connectivity index (χ1n) is 8.58. The third-order valence-corrected chi connectivity index (χ3v) is 5.33. The van der Waals surface area contributed by atoms with Crippen molar-refractivity contribution in [2.75, 3.05) is 17.8 Å². The van der Waals surface area contributed by atoms with Crippen molar-refractivity contribution in [1.82, 2.24) is 15.8 Å². The standard InChI is InChI=1S/C16H16F4N4O6S2/c1-32(27,28)8-9(25)4-3-7-31-15-13(23-30-24-15)14(22-26)21-10-5-2-6-11(12(10)17)29-16(18,19)20/h2,5-6,26H,3-4,7-8H2,1H3,(H,21,22). The van der Waals surface area contributed by atoms with Crippen LogP contribution in [-0.4, -0.2) is 59.7 Å². The first-order valence-corrected chi connectivity index (χ1v) is 11.6. The lowest BCUT2D eigenvalue weighted by Crippen LogP contribution is -2.21. The summed E-state index contributed by atoms with van der Waals surface area (Å²) in [7, 11) is -3.42. The Kier molecular flexibility index (Phi) is 8.57. The molecule has 0 bridgehead atoms. The summed E-state index contributed by atoms with van der Waals surface area (Å²) in [5, 5.41) is 16.5. The fourth-order valence-corrected chi connectivity index (χ4v) is 3.83. The number of ketones is 1. The van der Waals surface area contributed by atoms with Gasteiger partial charge in [-0.15, -0.1) is 24.9 Å². The molecule has 0 radical (unpaired) electrons. The topological polar surface area (TPSA) is 144 Å². The van der Waals surface area contributed by atoms with Crippen LogP contribution in [0.1, 0.15) is 18.5 Å². The molecule has 1 heterocycles.